The van der Waals surface area contributed by atoms with E-state index in [2.05, 4.69) is 15.8 Å². The standard InChI is InChI=1S/C39H41N3O9/c1-44-30-15-13-24(32-23-29(42-51-32)26-21-35(46-3)37(48-5)36(22-26)47-4)19-34(30)50-18-10-6-9-17-49-31-16-14-25(20-33(31)45-2)38-40-28-12-8-7-11-27(28)39(43)41-38/h7-8,11-16,19-23,38,40H,6,9-10,17-18H2,1-5H3,(H,41,43). The lowest BCUT2D eigenvalue weighted by Crippen LogP contribution is -2.38. The second-order valence-electron chi connectivity index (χ2n) is 11.6. The summed E-state index contributed by atoms with van der Waals surface area (Å²) in [5.74, 6) is 4.45. The van der Waals surface area contributed by atoms with Crippen molar-refractivity contribution in [3.05, 3.63) is 90.0 Å². The zero-order chi connectivity index (χ0) is 35.7. The van der Waals surface area contributed by atoms with Gasteiger partial charge in [-0.1, -0.05) is 23.4 Å². The third kappa shape index (κ3) is 7.75. The summed E-state index contributed by atoms with van der Waals surface area (Å²) in [6, 6.07) is 24.2. The summed E-state index contributed by atoms with van der Waals surface area (Å²) in [6.45, 7) is 1.01. The number of amides is 1. The Balaban J connectivity index is 1.01. The van der Waals surface area contributed by atoms with Crippen LogP contribution in [0.2, 0.25) is 0 Å². The maximum Gasteiger partial charge on any atom is 0.255 e. The van der Waals surface area contributed by atoms with Crippen molar-refractivity contribution in [2.24, 2.45) is 0 Å². The van der Waals surface area contributed by atoms with Gasteiger partial charge < -0.3 is 48.3 Å². The minimum atomic E-state index is -0.378. The Hall–Kier alpha value is -6.04. The predicted molar refractivity (Wildman–Crippen MR) is 192 cm³/mol. The summed E-state index contributed by atoms with van der Waals surface area (Å²) in [5.41, 5.74) is 4.42. The monoisotopic (exact) mass is 695 g/mol. The number of carbonyl (C=O) groups excluding carboxylic acids is 1. The van der Waals surface area contributed by atoms with E-state index in [0.717, 1.165) is 41.6 Å². The second-order valence-corrected chi connectivity index (χ2v) is 11.6. The van der Waals surface area contributed by atoms with Crippen molar-refractivity contribution < 1.29 is 42.5 Å². The largest absolute Gasteiger partial charge is 0.493 e. The highest BCUT2D eigenvalue weighted by Crippen LogP contribution is 2.42. The number of hydrogen-bond acceptors (Lipinski definition) is 11. The molecule has 0 saturated carbocycles. The average molecular weight is 696 g/mol. The zero-order valence-electron chi connectivity index (χ0n) is 29.2. The first-order valence-electron chi connectivity index (χ1n) is 16.5. The lowest BCUT2D eigenvalue weighted by Gasteiger charge is -2.28. The molecule has 2 heterocycles. The Morgan fingerprint density at radius 1 is 0.627 bits per heavy atom. The van der Waals surface area contributed by atoms with Gasteiger partial charge in [-0.2, -0.15) is 0 Å². The molecule has 1 aliphatic rings. The number of rotatable bonds is 16. The number of nitrogens with one attached hydrogen (secondary N) is 2. The number of carbonyl (C=O) groups is 1. The molecule has 1 aliphatic heterocycles. The number of hydrogen-bond donors (Lipinski definition) is 2. The van der Waals surface area contributed by atoms with Crippen LogP contribution in [0.3, 0.4) is 0 Å². The van der Waals surface area contributed by atoms with Gasteiger partial charge in [0.1, 0.15) is 11.9 Å². The van der Waals surface area contributed by atoms with Crippen molar-refractivity contribution in [2.75, 3.05) is 54.1 Å². The smallest absolute Gasteiger partial charge is 0.255 e. The molecule has 0 spiro atoms. The maximum atomic E-state index is 12.6. The van der Waals surface area contributed by atoms with Crippen molar-refractivity contribution in [1.82, 2.24) is 10.5 Å². The maximum absolute atomic E-state index is 12.6. The number of para-hydroxylation sites is 1. The molecule has 5 aromatic rings. The fourth-order valence-corrected chi connectivity index (χ4v) is 5.82. The Labute approximate surface area is 296 Å². The van der Waals surface area contributed by atoms with Crippen LogP contribution in [-0.2, 0) is 0 Å². The number of methoxy groups -OCH3 is 5. The van der Waals surface area contributed by atoms with Crippen LogP contribution in [0.1, 0.15) is 41.3 Å². The van der Waals surface area contributed by atoms with Crippen LogP contribution < -0.4 is 43.8 Å². The molecule has 6 rings (SSSR count). The normalized spacial score (nSPS) is 13.4. The number of unbranched alkanes of at least 4 members (excludes halogenated alkanes) is 2. The van der Waals surface area contributed by atoms with E-state index < -0.39 is 0 Å². The Bertz CT molecular complexity index is 1950. The number of anilines is 1. The minimum absolute atomic E-state index is 0.124. The molecule has 0 bridgehead atoms. The summed E-state index contributed by atoms with van der Waals surface area (Å²) in [7, 11) is 7.91. The van der Waals surface area contributed by atoms with Gasteiger partial charge in [0.25, 0.3) is 5.91 Å². The van der Waals surface area contributed by atoms with Gasteiger partial charge in [0.15, 0.2) is 40.3 Å². The van der Waals surface area contributed by atoms with Gasteiger partial charge in [0.2, 0.25) is 5.75 Å². The van der Waals surface area contributed by atoms with Crippen LogP contribution in [0.5, 0.6) is 40.2 Å². The number of fused-ring (bicyclic) bond motifs is 1. The Morgan fingerprint density at radius 3 is 2.00 bits per heavy atom. The lowest BCUT2D eigenvalue weighted by molar-refractivity contribution is 0.0935. The molecule has 51 heavy (non-hydrogen) atoms. The molecule has 1 atom stereocenters. The van der Waals surface area contributed by atoms with Crippen LogP contribution in [0.4, 0.5) is 5.69 Å². The highest BCUT2D eigenvalue weighted by atomic mass is 16.5. The van der Waals surface area contributed by atoms with Crippen molar-refractivity contribution in [3.8, 4) is 62.8 Å². The van der Waals surface area contributed by atoms with Crippen LogP contribution >= 0.6 is 0 Å². The molecular weight excluding hydrogens is 654 g/mol. The topological polar surface area (TPSA) is 132 Å². The first-order chi connectivity index (χ1) is 25.0. The Kier molecular flexibility index (Phi) is 11.0. The fraction of sp³-hybridized carbons (Fsp3) is 0.282. The van der Waals surface area contributed by atoms with Crippen molar-refractivity contribution in [1.29, 1.82) is 0 Å². The van der Waals surface area contributed by atoms with E-state index in [9.17, 15) is 4.79 Å². The van der Waals surface area contributed by atoms with Crippen LogP contribution in [-0.4, -0.2) is 59.8 Å². The number of aromatic nitrogens is 1. The van der Waals surface area contributed by atoms with Crippen LogP contribution in [0.25, 0.3) is 22.6 Å². The van der Waals surface area contributed by atoms with Gasteiger partial charge in [-0.05, 0) is 79.4 Å². The first-order valence-corrected chi connectivity index (χ1v) is 16.5. The number of nitrogens with zero attached hydrogens (tertiary/aromatic N) is 1. The van der Waals surface area contributed by atoms with E-state index in [0.29, 0.717) is 70.5 Å². The van der Waals surface area contributed by atoms with Crippen LogP contribution in [0.15, 0.2) is 83.4 Å². The second kappa shape index (κ2) is 16.1. The summed E-state index contributed by atoms with van der Waals surface area (Å²) < 4.78 is 45.5. The molecule has 4 aromatic carbocycles. The van der Waals surface area contributed by atoms with Gasteiger partial charge in [-0.3, -0.25) is 4.79 Å². The third-order valence-corrected chi connectivity index (χ3v) is 8.49. The molecular formula is C39H41N3O9. The van der Waals surface area contributed by atoms with Gasteiger partial charge in [-0.15, -0.1) is 0 Å². The summed E-state index contributed by atoms with van der Waals surface area (Å²) in [6.07, 6.45) is 2.15. The molecule has 0 fully saturated rings. The molecule has 2 N–H and O–H groups in total. The van der Waals surface area contributed by atoms with Crippen molar-refractivity contribution in [3.63, 3.8) is 0 Å². The number of ether oxygens (including phenoxy) is 7. The van der Waals surface area contributed by atoms with Gasteiger partial charge in [0.05, 0.1) is 54.3 Å². The van der Waals surface area contributed by atoms with E-state index in [1.54, 1.807) is 41.6 Å². The number of benzene rings is 4. The molecule has 1 aromatic heterocycles. The molecule has 266 valence electrons. The summed E-state index contributed by atoms with van der Waals surface area (Å²) in [5, 5.41) is 10.6. The van der Waals surface area contributed by atoms with E-state index >= 15 is 0 Å². The average Bonchev–Trinajstić information content (AvgIpc) is 3.67. The molecule has 0 radical (unpaired) electrons. The highest BCUT2D eigenvalue weighted by molar-refractivity contribution is 6.01. The summed E-state index contributed by atoms with van der Waals surface area (Å²) in [4.78, 5) is 12.6. The fourth-order valence-electron chi connectivity index (χ4n) is 5.82. The predicted octanol–water partition coefficient (Wildman–Crippen LogP) is 7.53. The van der Waals surface area contributed by atoms with Crippen molar-refractivity contribution >= 4 is 11.6 Å². The summed E-state index contributed by atoms with van der Waals surface area (Å²) >= 11 is 0. The van der Waals surface area contributed by atoms with E-state index in [-0.39, 0.29) is 12.1 Å². The SMILES string of the molecule is COc1cc(C2NC(=O)c3ccccc3N2)ccc1OCCCCCOc1cc(-c2cc(-c3cc(OC)c(OC)c(OC)c3)no2)ccc1OC. The highest BCUT2D eigenvalue weighted by Gasteiger charge is 2.25. The van der Waals surface area contributed by atoms with Crippen molar-refractivity contribution in [2.45, 2.75) is 25.4 Å². The molecule has 1 unspecified atom stereocenters. The molecule has 12 heteroatoms. The zero-order valence-corrected chi connectivity index (χ0v) is 29.2. The van der Waals surface area contributed by atoms with Crippen LogP contribution in [0, 0.1) is 0 Å². The quantitative estimate of drug-likeness (QED) is 0.0993. The van der Waals surface area contributed by atoms with Gasteiger partial charge >= 0.3 is 0 Å². The minimum Gasteiger partial charge on any atom is -0.493 e. The molecule has 0 saturated heterocycles. The van der Waals surface area contributed by atoms with Gasteiger partial charge in [0, 0.05) is 22.9 Å². The Morgan fingerprint density at radius 2 is 1.29 bits per heavy atom. The van der Waals surface area contributed by atoms with E-state index in [1.807, 2.05) is 72.8 Å². The molecule has 0 aliphatic carbocycles. The van der Waals surface area contributed by atoms with Gasteiger partial charge in [-0.25, -0.2) is 0 Å². The molecule has 12 nitrogen and oxygen atoms in total. The van der Waals surface area contributed by atoms with E-state index in [4.69, 9.17) is 37.7 Å². The third-order valence-electron chi connectivity index (χ3n) is 8.49. The lowest BCUT2D eigenvalue weighted by atomic mass is 10.1. The first kappa shape index (κ1) is 34.8. The van der Waals surface area contributed by atoms with E-state index in [1.165, 1.54) is 0 Å². The molecule has 1 amide bonds.